The Morgan fingerprint density at radius 1 is 1.37 bits per heavy atom. The van der Waals surface area contributed by atoms with Gasteiger partial charge in [0.1, 0.15) is 5.82 Å². The Morgan fingerprint density at radius 2 is 2.11 bits per heavy atom. The number of rotatable bonds is 3. The van der Waals surface area contributed by atoms with E-state index < -0.39 is 0 Å². The lowest BCUT2D eigenvalue weighted by Gasteiger charge is -2.19. The molecule has 2 aromatic rings. The first kappa shape index (κ1) is 14.1. The van der Waals surface area contributed by atoms with Crippen LogP contribution in [0.5, 0.6) is 0 Å². The number of halogens is 2. The van der Waals surface area contributed by atoms with Gasteiger partial charge >= 0.3 is 0 Å². The Morgan fingerprint density at radius 3 is 2.74 bits per heavy atom. The van der Waals surface area contributed by atoms with Crippen molar-refractivity contribution in [2.45, 2.75) is 32.9 Å². The predicted octanol–water partition coefficient (Wildman–Crippen LogP) is 2.45. The maximum atomic E-state index is 13.5. The molecule has 1 aromatic heterocycles. The van der Waals surface area contributed by atoms with Gasteiger partial charge in [-0.05, 0) is 59.3 Å². The number of nitrogens with one attached hydrogen (secondary N) is 1. The molecule has 19 heavy (non-hydrogen) atoms. The molecule has 0 radical (unpaired) electrons. The molecule has 7 heteroatoms. The van der Waals surface area contributed by atoms with Crippen molar-refractivity contribution >= 4 is 15.9 Å². The van der Waals surface area contributed by atoms with E-state index >= 15 is 0 Å². The predicted molar refractivity (Wildman–Crippen MR) is 73.4 cm³/mol. The number of nitrogens with zero attached hydrogens (tertiary/aromatic N) is 4. The molecular weight excluding hydrogens is 313 g/mol. The lowest BCUT2D eigenvalue weighted by molar-refractivity contribution is 0.415. The van der Waals surface area contributed by atoms with Gasteiger partial charge in [0.2, 0.25) is 0 Å². The Bertz CT molecular complexity index is 576. The summed E-state index contributed by atoms with van der Waals surface area (Å²) in [6.07, 6.45) is 0. The maximum absolute atomic E-state index is 13.5. The fourth-order valence-corrected chi connectivity index (χ4v) is 1.72. The zero-order valence-electron chi connectivity index (χ0n) is 11.0. The minimum Gasteiger partial charge on any atom is -0.305 e. The van der Waals surface area contributed by atoms with Crippen LogP contribution in [0.1, 0.15) is 26.6 Å². The Hall–Kier alpha value is -1.34. The highest BCUT2D eigenvalue weighted by molar-refractivity contribution is 9.10. The average Bonchev–Trinajstić information content (AvgIpc) is 2.77. The molecule has 0 aliphatic heterocycles. The second kappa shape index (κ2) is 5.34. The van der Waals surface area contributed by atoms with Crippen LogP contribution in [-0.4, -0.2) is 25.7 Å². The molecule has 0 spiro atoms. The molecule has 0 saturated heterocycles. The highest BCUT2D eigenvalue weighted by Gasteiger charge is 2.14. The summed E-state index contributed by atoms with van der Waals surface area (Å²) in [5, 5.41) is 14.8. The van der Waals surface area contributed by atoms with Crippen LogP contribution in [0.3, 0.4) is 0 Å². The van der Waals surface area contributed by atoms with Crippen LogP contribution in [0.4, 0.5) is 4.39 Å². The van der Waals surface area contributed by atoms with Gasteiger partial charge in [-0.15, -0.1) is 5.10 Å². The molecule has 0 unspecified atom stereocenters. The van der Waals surface area contributed by atoms with Gasteiger partial charge in [0, 0.05) is 11.6 Å². The van der Waals surface area contributed by atoms with Crippen LogP contribution in [0.2, 0.25) is 0 Å². The highest BCUT2D eigenvalue weighted by Crippen LogP contribution is 2.18. The molecule has 1 N–H and O–H groups in total. The Balaban J connectivity index is 2.26. The molecule has 2 rings (SSSR count). The fourth-order valence-electron chi connectivity index (χ4n) is 1.48. The highest BCUT2D eigenvalue weighted by atomic mass is 79.9. The standard InChI is InChI=1S/C12H15BrFN5/c1-12(2,3)15-7-11-16-17-18-19(11)8-4-5-9(13)10(14)6-8/h4-6,15H,7H2,1-3H3. The number of hydrogen-bond acceptors (Lipinski definition) is 4. The molecule has 0 fully saturated rings. The summed E-state index contributed by atoms with van der Waals surface area (Å²) in [6, 6.07) is 4.78. The molecule has 1 aromatic carbocycles. The smallest absolute Gasteiger partial charge is 0.170 e. The molecular formula is C12H15BrFN5. The largest absolute Gasteiger partial charge is 0.305 e. The third-order valence-electron chi connectivity index (χ3n) is 2.46. The summed E-state index contributed by atoms with van der Waals surface area (Å²) in [5.41, 5.74) is 0.554. The van der Waals surface area contributed by atoms with Crippen LogP contribution >= 0.6 is 15.9 Å². The van der Waals surface area contributed by atoms with E-state index in [1.807, 2.05) is 0 Å². The minimum absolute atomic E-state index is 0.0399. The molecule has 0 aliphatic carbocycles. The van der Waals surface area contributed by atoms with Crippen molar-refractivity contribution in [3.8, 4) is 5.69 Å². The molecule has 5 nitrogen and oxygen atoms in total. The quantitative estimate of drug-likeness (QED) is 0.940. The molecule has 0 atom stereocenters. The Kier molecular flexibility index (Phi) is 3.96. The van der Waals surface area contributed by atoms with E-state index in [2.05, 4.69) is 57.5 Å². The van der Waals surface area contributed by atoms with Gasteiger partial charge in [-0.1, -0.05) is 0 Å². The summed E-state index contributed by atoms with van der Waals surface area (Å²) in [6.45, 7) is 6.68. The first-order chi connectivity index (χ1) is 8.87. The van der Waals surface area contributed by atoms with Gasteiger partial charge in [0.25, 0.3) is 0 Å². The van der Waals surface area contributed by atoms with Gasteiger partial charge in [0.15, 0.2) is 5.82 Å². The number of aromatic nitrogens is 4. The second-order valence-electron chi connectivity index (χ2n) is 5.21. The summed E-state index contributed by atoms with van der Waals surface area (Å²) in [7, 11) is 0. The summed E-state index contributed by atoms with van der Waals surface area (Å²) in [4.78, 5) is 0. The molecule has 0 bridgehead atoms. The summed E-state index contributed by atoms with van der Waals surface area (Å²) in [5.74, 6) is 0.291. The van der Waals surface area contributed by atoms with E-state index in [0.717, 1.165) is 0 Å². The summed E-state index contributed by atoms with van der Waals surface area (Å²) >= 11 is 3.12. The average molecular weight is 328 g/mol. The summed E-state index contributed by atoms with van der Waals surface area (Å²) < 4.78 is 15.5. The SMILES string of the molecule is CC(C)(C)NCc1nnnn1-c1ccc(Br)c(F)c1. The monoisotopic (exact) mass is 327 g/mol. The number of hydrogen-bond donors (Lipinski definition) is 1. The van der Waals surface area contributed by atoms with Crippen molar-refractivity contribution in [2.75, 3.05) is 0 Å². The van der Waals surface area contributed by atoms with Crippen LogP contribution in [-0.2, 0) is 6.54 Å². The van der Waals surface area contributed by atoms with Crippen LogP contribution < -0.4 is 5.32 Å². The zero-order chi connectivity index (χ0) is 14.0. The topological polar surface area (TPSA) is 55.6 Å². The van der Waals surface area contributed by atoms with E-state index in [9.17, 15) is 4.39 Å². The Labute approximate surface area is 119 Å². The molecule has 0 saturated carbocycles. The lowest BCUT2D eigenvalue weighted by Crippen LogP contribution is -2.35. The minimum atomic E-state index is -0.345. The molecule has 1 heterocycles. The normalized spacial score (nSPS) is 11.8. The van der Waals surface area contributed by atoms with E-state index in [1.165, 1.54) is 10.7 Å². The van der Waals surface area contributed by atoms with Crippen LogP contribution in [0, 0.1) is 5.82 Å². The van der Waals surface area contributed by atoms with Crippen molar-refractivity contribution < 1.29 is 4.39 Å². The number of tetrazole rings is 1. The van der Waals surface area contributed by atoms with E-state index in [4.69, 9.17) is 0 Å². The van der Waals surface area contributed by atoms with E-state index in [1.54, 1.807) is 12.1 Å². The first-order valence-corrected chi connectivity index (χ1v) is 6.64. The van der Waals surface area contributed by atoms with Crippen molar-refractivity contribution in [3.05, 3.63) is 34.3 Å². The van der Waals surface area contributed by atoms with Crippen molar-refractivity contribution in [2.24, 2.45) is 0 Å². The third-order valence-corrected chi connectivity index (χ3v) is 3.10. The maximum Gasteiger partial charge on any atom is 0.170 e. The second-order valence-corrected chi connectivity index (χ2v) is 6.06. The van der Waals surface area contributed by atoms with Gasteiger partial charge < -0.3 is 5.32 Å². The third kappa shape index (κ3) is 3.57. The lowest BCUT2D eigenvalue weighted by atomic mass is 10.1. The van der Waals surface area contributed by atoms with Gasteiger partial charge in [-0.3, -0.25) is 0 Å². The zero-order valence-corrected chi connectivity index (χ0v) is 12.6. The fraction of sp³-hybridized carbons (Fsp3) is 0.417. The van der Waals surface area contributed by atoms with Crippen molar-refractivity contribution in [1.29, 1.82) is 0 Å². The van der Waals surface area contributed by atoms with Crippen LogP contribution in [0.15, 0.2) is 22.7 Å². The van der Waals surface area contributed by atoms with E-state index in [-0.39, 0.29) is 11.4 Å². The van der Waals surface area contributed by atoms with Gasteiger partial charge in [-0.25, -0.2) is 4.39 Å². The first-order valence-electron chi connectivity index (χ1n) is 5.84. The van der Waals surface area contributed by atoms with Gasteiger partial charge in [-0.2, -0.15) is 4.68 Å². The molecule has 102 valence electrons. The van der Waals surface area contributed by atoms with Crippen molar-refractivity contribution in [1.82, 2.24) is 25.5 Å². The number of benzene rings is 1. The van der Waals surface area contributed by atoms with Crippen LogP contribution in [0.25, 0.3) is 5.69 Å². The van der Waals surface area contributed by atoms with Gasteiger partial charge in [0.05, 0.1) is 16.7 Å². The molecule has 0 amide bonds. The molecule has 0 aliphatic rings. The van der Waals surface area contributed by atoms with Crippen molar-refractivity contribution in [3.63, 3.8) is 0 Å². The van der Waals surface area contributed by atoms with E-state index in [0.29, 0.717) is 22.5 Å².